The SMILES string of the molecule is CC(=O)O[C@H]1[C@H](OC(C)=O)[C@@H](C)C(C(C)=O)O[C@@H]1Br.COC(=O)c1cc(C=O)ccc1O.COC(=O)c1cc(C=O)ccc1O[C@@H]1O[C@H](C(C)=O)[C@@H](C)[C@H](OC(C)=O)[C@H]1OC(C)=O.COC(=O)c1cc(CO)ccc1O[C@@H]1O[C@H](C(C)=O)[C@@H](C)[C@H](OC(C)=O)[C@H]1OC(C)=O.O=Cc1ccc(O)c(C(=O)O)c1. The maximum Gasteiger partial charge on any atom is 0.341 e. The predicted octanol–water partition coefficient (Wildman–Crippen LogP) is 5.72. The van der Waals surface area contributed by atoms with Crippen molar-refractivity contribution in [2.45, 2.75) is 162 Å². The Morgan fingerprint density at radius 2 is 0.698 bits per heavy atom. The molecule has 35 heteroatoms. The summed E-state index contributed by atoms with van der Waals surface area (Å²) < 4.78 is 74.2. The number of rotatable bonds is 21. The number of phenols is 2. The van der Waals surface area contributed by atoms with Gasteiger partial charge in [-0.1, -0.05) is 42.8 Å². The van der Waals surface area contributed by atoms with Crippen LogP contribution in [0.5, 0.6) is 23.0 Å². The maximum atomic E-state index is 12.2. The molecule has 3 saturated heterocycles. The Balaban J connectivity index is 0.000000362. The van der Waals surface area contributed by atoms with Gasteiger partial charge in [-0.25, -0.2) is 19.2 Å². The molecule has 15 atom stereocenters. The van der Waals surface area contributed by atoms with E-state index in [1.807, 2.05) is 0 Å². The molecular formula is C71H81BrO34. The van der Waals surface area contributed by atoms with Gasteiger partial charge in [0.25, 0.3) is 0 Å². The smallest absolute Gasteiger partial charge is 0.341 e. The van der Waals surface area contributed by atoms with Crippen molar-refractivity contribution in [1.82, 2.24) is 0 Å². The van der Waals surface area contributed by atoms with E-state index < -0.39 is 150 Å². The Kier molecular flexibility index (Phi) is 35.5. The number of alkyl halides is 1. The van der Waals surface area contributed by atoms with E-state index in [2.05, 4.69) is 20.7 Å². The number of aliphatic hydroxyl groups excluding tert-OH is 1. The minimum absolute atomic E-state index is 0.00429. The van der Waals surface area contributed by atoms with Crippen LogP contribution in [0.1, 0.15) is 161 Å². The van der Waals surface area contributed by atoms with Crippen LogP contribution in [0, 0.1) is 17.8 Å². The van der Waals surface area contributed by atoms with Crippen molar-refractivity contribution in [2.24, 2.45) is 17.8 Å². The zero-order chi connectivity index (χ0) is 80.3. The Bertz CT molecular complexity index is 3880. The Labute approximate surface area is 614 Å². The van der Waals surface area contributed by atoms with Gasteiger partial charge in [0, 0.05) is 76.0 Å². The molecule has 0 aliphatic carbocycles. The monoisotopic (exact) mass is 1560 g/mol. The lowest BCUT2D eigenvalue weighted by Crippen LogP contribution is -2.59. The van der Waals surface area contributed by atoms with E-state index in [-0.39, 0.29) is 80.3 Å². The van der Waals surface area contributed by atoms with E-state index in [4.69, 9.17) is 71.8 Å². The highest BCUT2D eigenvalue weighted by molar-refractivity contribution is 9.09. The molecular weight excluding hydrogens is 1480 g/mol. The minimum atomic E-state index is -1.40. The number of esters is 9. The molecule has 106 heavy (non-hydrogen) atoms. The number of halogens is 1. The molecule has 576 valence electrons. The molecule has 3 fully saturated rings. The molecule has 0 amide bonds. The Morgan fingerprint density at radius 3 is 1.04 bits per heavy atom. The van der Waals surface area contributed by atoms with Gasteiger partial charge in [0.2, 0.25) is 24.8 Å². The molecule has 3 aliphatic rings. The Morgan fingerprint density at radius 1 is 0.406 bits per heavy atom. The fraction of sp³-hybridized carbons (Fsp3) is 0.437. The fourth-order valence-corrected chi connectivity index (χ4v) is 11.2. The first-order valence-electron chi connectivity index (χ1n) is 31.6. The zero-order valence-corrected chi connectivity index (χ0v) is 61.5. The normalized spacial score (nSPS) is 23.1. The van der Waals surface area contributed by atoms with Crippen LogP contribution < -0.4 is 9.47 Å². The number of carboxylic acids is 1. The third kappa shape index (κ3) is 25.8. The van der Waals surface area contributed by atoms with E-state index in [1.165, 1.54) is 136 Å². The molecule has 0 spiro atoms. The van der Waals surface area contributed by atoms with E-state index in [0.29, 0.717) is 30.0 Å². The first kappa shape index (κ1) is 89.3. The van der Waals surface area contributed by atoms with Gasteiger partial charge in [0.05, 0.1) is 27.9 Å². The summed E-state index contributed by atoms with van der Waals surface area (Å²) in [7, 11) is 3.54. The number of aromatic hydroxyl groups is 2. The zero-order valence-electron chi connectivity index (χ0n) is 59.9. The topological polar surface area (TPSA) is 483 Å². The number of hydrogen-bond donors (Lipinski definition) is 4. The first-order chi connectivity index (χ1) is 49.7. The van der Waals surface area contributed by atoms with Crippen molar-refractivity contribution in [3.8, 4) is 23.0 Å². The second kappa shape index (κ2) is 42.2. The third-order valence-electron chi connectivity index (χ3n) is 15.2. The molecule has 1 unspecified atom stereocenters. The van der Waals surface area contributed by atoms with Crippen LogP contribution in [0.4, 0.5) is 0 Å². The van der Waals surface area contributed by atoms with Crippen molar-refractivity contribution in [3.63, 3.8) is 0 Å². The molecule has 4 aromatic carbocycles. The molecule has 0 bridgehead atoms. The van der Waals surface area contributed by atoms with Gasteiger partial charge >= 0.3 is 59.7 Å². The number of carboxylic acid groups (broad SMARTS) is 1. The standard InChI is InChI=1S/C21H26O10.C21H24O10.C12H17BrO6.C9H8O4.C8H6O4/c2*1-10-17(11(2)23)31-21(19(29-13(4)25)18(10)28-12(3)24)30-16-7-6-14(9-22)8-15(16)20(26)27-5;1-5-9(6(2)14)19-12(13)11(18-8(4)16)10(5)17-7(3)15;1-13-9(12)7-4-6(5-10)2-3-8(7)11;9-4-5-1-2-7(10)6(3-5)8(11)12/h6-8,10,17-19,21-22H,9H2,1-5H3;6-10,17-19,21H,1-5H3;5,9-12H,1-4H3;2-5,11H,1H3;1-4,10H,(H,11,12)/t2*10-,17+,18+,19-,21-;5-,9?,10+,11-,12-;;/m110../s1. The number of hydrogen-bond acceptors (Lipinski definition) is 33. The lowest BCUT2D eigenvalue weighted by Gasteiger charge is -2.43. The van der Waals surface area contributed by atoms with E-state index >= 15 is 0 Å². The molecule has 0 radical (unpaired) electrons. The van der Waals surface area contributed by atoms with Gasteiger partial charge in [-0.05, 0) is 93.1 Å². The highest BCUT2D eigenvalue weighted by atomic mass is 79.9. The van der Waals surface area contributed by atoms with Gasteiger partial charge in [0.15, 0.2) is 40.7 Å². The van der Waals surface area contributed by atoms with E-state index in [0.717, 1.165) is 20.1 Å². The van der Waals surface area contributed by atoms with Crippen LogP contribution in [-0.4, -0.2) is 210 Å². The second-order valence-electron chi connectivity index (χ2n) is 23.3. The Hall–Kier alpha value is -10.9. The van der Waals surface area contributed by atoms with Crippen LogP contribution in [-0.2, 0) is 107 Å². The number of benzene rings is 4. The predicted molar refractivity (Wildman–Crippen MR) is 361 cm³/mol. The van der Waals surface area contributed by atoms with Crippen LogP contribution in [0.15, 0.2) is 72.8 Å². The summed E-state index contributed by atoms with van der Waals surface area (Å²) in [5.41, 5.74) is 0.805. The molecule has 3 aliphatic heterocycles. The number of ketones is 3. The molecule has 7 rings (SSSR count). The fourth-order valence-electron chi connectivity index (χ4n) is 10.5. The minimum Gasteiger partial charge on any atom is -0.507 e. The highest BCUT2D eigenvalue weighted by Gasteiger charge is 2.53. The average Bonchev–Trinajstić information content (AvgIpc) is 0.789. The number of aromatic carboxylic acids is 1. The number of ether oxygens (including phenoxy) is 14. The molecule has 34 nitrogen and oxygen atoms in total. The van der Waals surface area contributed by atoms with Crippen LogP contribution in [0.2, 0.25) is 0 Å². The molecule has 0 saturated carbocycles. The van der Waals surface area contributed by atoms with Crippen molar-refractivity contribution in [1.29, 1.82) is 0 Å². The summed E-state index contributed by atoms with van der Waals surface area (Å²) in [6, 6.07) is 15.9. The third-order valence-corrected chi connectivity index (χ3v) is 16.0. The number of phenolic OH excluding ortho intramolecular Hbond substituents is 1. The summed E-state index contributed by atoms with van der Waals surface area (Å²) in [5, 5.41) is 35.4. The molecule has 3 heterocycles. The number of methoxy groups -OCH3 is 3. The van der Waals surface area contributed by atoms with Gasteiger partial charge in [0.1, 0.15) is 88.5 Å². The van der Waals surface area contributed by atoms with Crippen LogP contribution >= 0.6 is 15.9 Å². The largest absolute Gasteiger partial charge is 0.507 e. The van der Waals surface area contributed by atoms with Crippen molar-refractivity contribution < 1.29 is 163 Å². The summed E-state index contributed by atoms with van der Waals surface area (Å²) >= 11 is 3.21. The second-order valence-corrected chi connectivity index (χ2v) is 24.2. The van der Waals surface area contributed by atoms with Gasteiger partial charge in [-0.2, -0.15) is 0 Å². The van der Waals surface area contributed by atoms with Gasteiger partial charge < -0.3 is 86.7 Å². The van der Waals surface area contributed by atoms with Crippen molar-refractivity contribution in [2.75, 3.05) is 21.3 Å². The molecule has 0 aromatic heterocycles. The van der Waals surface area contributed by atoms with Crippen LogP contribution in [0.25, 0.3) is 0 Å². The van der Waals surface area contributed by atoms with Crippen molar-refractivity contribution >= 4 is 112 Å². The summed E-state index contributed by atoms with van der Waals surface area (Å²) in [6.45, 7) is 15.9. The number of aldehydes is 3. The summed E-state index contributed by atoms with van der Waals surface area (Å²) in [4.78, 5) is 182. The van der Waals surface area contributed by atoms with Gasteiger partial charge in [-0.15, -0.1) is 0 Å². The number of aliphatic hydroxyl groups is 1. The lowest BCUT2D eigenvalue weighted by molar-refractivity contribution is -0.261. The average molecular weight is 1560 g/mol. The number of Topliss-reactive ketones (excluding diaryl/α,β-unsaturated/α-hetero) is 3. The first-order valence-corrected chi connectivity index (χ1v) is 32.5. The lowest BCUT2D eigenvalue weighted by atomic mass is 9.88. The maximum absolute atomic E-state index is 12.2. The summed E-state index contributed by atoms with van der Waals surface area (Å²) in [6.07, 6.45) is -9.92. The van der Waals surface area contributed by atoms with E-state index in [1.54, 1.807) is 20.8 Å². The van der Waals surface area contributed by atoms with Crippen LogP contribution in [0.3, 0.4) is 0 Å². The number of carbonyl (C=O) groups excluding carboxylic acids is 15. The van der Waals surface area contributed by atoms with E-state index in [9.17, 15) is 86.9 Å². The quantitative estimate of drug-likeness (QED) is 0.0335. The molecule has 4 N–H and O–H groups in total. The van der Waals surface area contributed by atoms with Crippen molar-refractivity contribution in [3.05, 3.63) is 117 Å². The van der Waals surface area contributed by atoms with Gasteiger partial charge in [-0.3, -0.25) is 57.5 Å². The molecule has 4 aromatic rings. The highest BCUT2D eigenvalue weighted by Crippen LogP contribution is 2.38. The summed E-state index contributed by atoms with van der Waals surface area (Å²) in [5.74, 6) is -10.3. The number of carbonyl (C=O) groups is 16.